The van der Waals surface area contributed by atoms with E-state index < -0.39 is 13.3 Å². The summed E-state index contributed by atoms with van der Waals surface area (Å²) >= 11 is -4.05. The Morgan fingerprint density at radius 2 is 0.689 bits per heavy atom. The van der Waals surface area contributed by atoms with Crippen LogP contribution in [0.1, 0.15) is 33.6 Å². The van der Waals surface area contributed by atoms with E-state index in [-0.39, 0.29) is 0 Å². The van der Waals surface area contributed by atoms with Gasteiger partial charge in [0.1, 0.15) is 0 Å². The van der Waals surface area contributed by atoms with E-state index in [2.05, 4.69) is 153 Å². The van der Waals surface area contributed by atoms with Crippen LogP contribution in [0.25, 0.3) is 20.0 Å². The standard InChI is InChI=1S/C42H28GeN2/c1-5-17-33(18-6-1)39-40(34-19-7-2-8-20-34)42(36-23-11-4-12-24-36)43(29-27-37-25-13-15-31-44-37,30-28-38-26-14-16-32-45-38)41(39)35-21-9-3-10-22-35/h1-26,31-32H. The van der Waals surface area contributed by atoms with Crippen LogP contribution < -0.4 is 0 Å². The summed E-state index contributed by atoms with van der Waals surface area (Å²) in [5.74, 6) is 7.08. The van der Waals surface area contributed by atoms with E-state index in [9.17, 15) is 0 Å². The van der Waals surface area contributed by atoms with Crippen LogP contribution in [0.4, 0.5) is 0 Å². The summed E-state index contributed by atoms with van der Waals surface area (Å²) < 4.78 is 10.3. The molecule has 0 bridgehead atoms. The van der Waals surface area contributed by atoms with E-state index in [1.165, 1.54) is 20.0 Å². The molecule has 0 fully saturated rings. The van der Waals surface area contributed by atoms with Gasteiger partial charge < -0.3 is 0 Å². The number of aromatic nitrogens is 2. The molecule has 0 atom stereocenters. The van der Waals surface area contributed by atoms with Gasteiger partial charge in [-0.15, -0.1) is 0 Å². The zero-order chi connectivity index (χ0) is 30.3. The van der Waals surface area contributed by atoms with Crippen LogP contribution >= 0.6 is 0 Å². The number of hydrogen-bond donors (Lipinski definition) is 0. The summed E-state index contributed by atoms with van der Waals surface area (Å²) in [6.07, 6.45) is 3.59. The monoisotopic (exact) mass is 634 g/mol. The van der Waals surface area contributed by atoms with Crippen molar-refractivity contribution in [1.29, 1.82) is 0 Å². The molecule has 1 aliphatic heterocycles. The van der Waals surface area contributed by atoms with Gasteiger partial charge in [-0.05, 0) is 0 Å². The fraction of sp³-hybridized carbons (Fsp3) is 0. The molecular formula is C42H28GeN2. The fourth-order valence-electron chi connectivity index (χ4n) is 5.94. The second-order valence-corrected chi connectivity index (χ2v) is 16.9. The number of benzene rings is 4. The first-order valence-electron chi connectivity index (χ1n) is 14.9. The average molecular weight is 633 g/mol. The molecule has 0 radical (unpaired) electrons. The van der Waals surface area contributed by atoms with Gasteiger partial charge in [0.2, 0.25) is 0 Å². The van der Waals surface area contributed by atoms with Crippen molar-refractivity contribution in [1.82, 2.24) is 9.97 Å². The first kappa shape index (κ1) is 28.1. The van der Waals surface area contributed by atoms with Crippen LogP contribution in [-0.2, 0) is 0 Å². The van der Waals surface area contributed by atoms with Crippen molar-refractivity contribution in [3.8, 4) is 21.3 Å². The first-order chi connectivity index (χ1) is 22.3. The third-order valence-electron chi connectivity index (χ3n) is 7.84. The Bertz CT molecular complexity index is 1960. The Kier molecular flexibility index (Phi) is 8.06. The van der Waals surface area contributed by atoms with Crippen LogP contribution in [0.5, 0.6) is 0 Å². The molecule has 1 aliphatic rings. The summed E-state index contributed by atoms with van der Waals surface area (Å²) in [5, 5.41) is 0. The third kappa shape index (κ3) is 5.68. The Labute approximate surface area is 267 Å². The molecule has 0 aliphatic carbocycles. The van der Waals surface area contributed by atoms with E-state index in [0.717, 1.165) is 33.6 Å². The predicted octanol–water partition coefficient (Wildman–Crippen LogP) is 8.72. The molecule has 0 N–H and O–H groups in total. The number of nitrogens with zero attached hydrogens (tertiary/aromatic N) is 2. The van der Waals surface area contributed by atoms with Gasteiger partial charge in [0, 0.05) is 0 Å². The van der Waals surface area contributed by atoms with Crippen molar-refractivity contribution < 1.29 is 0 Å². The number of allylic oxidation sites excluding steroid dienone is 2. The molecule has 0 spiro atoms. The quantitative estimate of drug-likeness (QED) is 0.143. The molecule has 3 heterocycles. The molecule has 0 saturated heterocycles. The molecule has 0 unspecified atom stereocenters. The zero-order valence-corrected chi connectivity index (χ0v) is 26.7. The fourth-order valence-corrected chi connectivity index (χ4v) is 14.2. The van der Waals surface area contributed by atoms with Gasteiger partial charge in [0.05, 0.1) is 0 Å². The van der Waals surface area contributed by atoms with Crippen molar-refractivity contribution in [2.45, 2.75) is 0 Å². The van der Waals surface area contributed by atoms with E-state index >= 15 is 0 Å². The van der Waals surface area contributed by atoms with Gasteiger partial charge in [-0.25, -0.2) is 0 Å². The zero-order valence-electron chi connectivity index (χ0n) is 24.6. The SMILES string of the molecule is C(#[C][Ge]1([C]#Cc2ccccn2)[C](c2ccccc2)=C(c2ccccc2)C(c2ccccc2)=[C]1c1ccccc1)c1ccccn1. The van der Waals surface area contributed by atoms with Gasteiger partial charge in [-0.2, -0.15) is 0 Å². The molecule has 4 aromatic carbocycles. The molecule has 2 nitrogen and oxygen atoms in total. The molecule has 6 aromatic rings. The number of pyridine rings is 2. The van der Waals surface area contributed by atoms with E-state index in [4.69, 9.17) is 0 Å². The minimum absolute atomic E-state index is 0.733. The first-order valence-corrected chi connectivity index (χ1v) is 19.1. The average Bonchev–Trinajstić information content (AvgIpc) is 3.43. The van der Waals surface area contributed by atoms with Crippen molar-refractivity contribution in [3.63, 3.8) is 0 Å². The van der Waals surface area contributed by atoms with Crippen LogP contribution in [0, 0.1) is 21.3 Å². The summed E-state index contributed by atoms with van der Waals surface area (Å²) in [6.45, 7) is 0. The van der Waals surface area contributed by atoms with Crippen molar-refractivity contribution >= 4 is 33.2 Å². The van der Waals surface area contributed by atoms with Gasteiger partial charge in [0.25, 0.3) is 0 Å². The van der Waals surface area contributed by atoms with Gasteiger partial charge >= 0.3 is 268 Å². The molecule has 7 rings (SSSR count). The second-order valence-electron chi connectivity index (χ2n) is 10.6. The van der Waals surface area contributed by atoms with Gasteiger partial charge in [-0.3, -0.25) is 0 Å². The van der Waals surface area contributed by atoms with Crippen LogP contribution in [0.15, 0.2) is 170 Å². The summed E-state index contributed by atoms with van der Waals surface area (Å²) in [4.78, 5) is 9.21. The number of hydrogen-bond acceptors (Lipinski definition) is 2. The van der Waals surface area contributed by atoms with Gasteiger partial charge in [0.15, 0.2) is 0 Å². The van der Waals surface area contributed by atoms with E-state index in [1.54, 1.807) is 12.4 Å². The van der Waals surface area contributed by atoms with Crippen molar-refractivity contribution in [3.05, 3.63) is 204 Å². The molecule has 3 heteroatoms. The van der Waals surface area contributed by atoms with Crippen LogP contribution in [-0.4, -0.2) is 23.2 Å². The summed E-state index contributed by atoms with van der Waals surface area (Å²) in [6, 6.07) is 54.6. The maximum absolute atomic E-state index is 4.60. The third-order valence-corrected chi connectivity index (χ3v) is 15.3. The van der Waals surface area contributed by atoms with E-state index in [1.807, 2.05) is 36.4 Å². The topological polar surface area (TPSA) is 25.8 Å². The Morgan fingerprint density at radius 3 is 1.02 bits per heavy atom. The molecule has 2 aromatic heterocycles. The summed E-state index contributed by atoms with van der Waals surface area (Å²) in [5.41, 5.74) is 8.43. The minimum atomic E-state index is -4.05. The normalized spacial score (nSPS) is 13.4. The molecule has 0 amide bonds. The molecule has 0 saturated carbocycles. The van der Waals surface area contributed by atoms with Crippen LogP contribution in [0.3, 0.4) is 0 Å². The van der Waals surface area contributed by atoms with Gasteiger partial charge in [-0.1, -0.05) is 0 Å². The Hall–Kier alpha value is -5.68. The second kappa shape index (κ2) is 12.9. The maximum atomic E-state index is 4.60. The Balaban J connectivity index is 1.70. The molecule has 210 valence electrons. The van der Waals surface area contributed by atoms with Crippen molar-refractivity contribution in [2.24, 2.45) is 0 Å². The van der Waals surface area contributed by atoms with Crippen LogP contribution in [0.2, 0.25) is 0 Å². The molecular weight excluding hydrogens is 605 g/mol. The molecule has 45 heavy (non-hydrogen) atoms. The van der Waals surface area contributed by atoms with Crippen molar-refractivity contribution in [2.75, 3.05) is 0 Å². The van der Waals surface area contributed by atoms with E-state index in [0.29, 0.717) is 0 Å². The predicted molar refractivity (Wildman–Crippen MR) is 187 cm³/mol. The number of rotatable bonds is 4. The Morgan fingerprint density at radius 1 is 0.356 bits per heavy atom. The summed E-state index contributed by atoms with van der Waals surface area (Å²) in [7, 11) is 0.